The van der Waals surface area contributed by atoms with Crippen molar-refractivity contribution in [2.24, 2.45) is 5.92 Å². The minimum Gasteiger partial charge on any atom is -0.312 e. The minimum absolute atomic E-state index is 0.471. The van der Waals surface area contributed by atoms with Crippen molar-refractivity contribution >= 4 is 5.69 Å². The molecule has 5 nitrogen and oxygen atoms in total. The van der Waals surface area contributed by atoms with Crippen molar-refractivity contribution in [3.05, 3.63) is 39.7 Å². The number of nitrogens with zero attached hydrogens (tertiary/aromatic N) is 2. The van der Waals surface area contributed by atoms with Crippen LogP contribution in [-0.4, -0.2) is 36.5 Å². The third-order valence-electron chi connectivity index (χ3n) is 3.46. The Hall–Kier alpha value is -1.53. The zero-order chi connectivity index (χ0) is 13.8. The third-order valence-corrected chi connectivity index (χ3v) is 3.46. The van der Waals surface area contributed by atoms with E-state index in [0.717, 1.165) is 25.2 Å². The zero-order valence-electron chi connectivity index (χ0n) is 10.9. The van der Waals surface area contributed by atoms with Crippen molar-refractivity contribution in [2.75, 3.05) is 26.7 Å². The fourth-order valence-corrected chi connectivity index (χ4v) is 2.42. The van der Waals surface area contributed by atoms with Crippen molar-refractivity contribution < 1.29 is 9.31 Å². The van der Waals surface area contributed by atoms with Gasteiger partial charge in [0.05, 0.1) is 4.92 Å². The summed E-state index contributed by atoms with van der Waals surface area (Å²) in [5, 5.41) is 13.8. The first-order chi connectivity index (χ1) is 9.06. The van der Waals surface area contributed by atoms with Crippen molar-refractivity contribution in [1.82, 2.24) is 10.2 Å². The Balaban J connectivity index is 1.83. The molecule has 0 aromatic heterocycles. The van der Waals surface area contributed by atoms with Crippen LogP contribution < -0.4 is 5.32 Å². The molecule has 1 aromatic carbocycles. The number of nitrogens with one attached hydrogen (secondary N) is 1. The summed E-state index contributed by atoms with van der Waals surface area (Å²) in [5.74, 6) is -0.141. The SMILES string of the molecule is CN1CCC(CNCc2ccc([N+](=O)[O-])c(F)c2)C1. The average Bonchev–Trinajstić information content (AvgIpc) is 2.75. The molecule has 6 heteroatoms. The molecule has 0 radical (unpaired) electrons. The highest BCUT2D eigenvalue weighted by molar-refractivity contribution is 5.34. The van der Waals surface area contributed by atoms with E-state index in [4.69, 9.17) is 0 Å². The summed E-state index contributed by atoms with van der Waals surface area (Å²) < 4.78 is 13.4. The highest BCUT2D eigenvalue weighted by atomic mass is 19.1. The maximum absolute atomic E-state index is 13.4. The minimum atomic E-state index is -0.773. The Morgan fingerprint density at radius 2 is 2.37 bits per heavy atom. The van der Waals surface area contributed by atoms with E-state index < -0.39 is 16.4 Å². The standard InChI is InChI=1S/C13H18FN3O2/c1-16-5-4-11(9-16)8-15-7-10-2-3-13(17(18)19)12(14)6-10/h2-3,6,11,15H,4-5,7-9H2,1H3. The predicted molar refractivity (Wildman–Crippen MR) is 70.4 cm³/mol. The lowest BCUT2D eigenvalue weighted by atomic mass is 10.1. The predicted octanol–water partition coefficient (Wildman–Crippen LogP) is 1.78. The van der Waals surface area contributed by atoms with E-state index in [2.05, 4.69) is 17.3 Å². The molecule has 0 saturated carbocycles. The maximum Gasteiger partial charge on any atom is 0.304 e. The Morgan fingerprint density at radius 1 is 1.58 bits per heavy atom. The van der Waals surface area contributed by atoms with Crippen LogP contribution >= 0.6 is 0 Å². The van der Waals surface area contributed by atoms with E-state index in [9.17, 15) is 14.5 Å². The second-order valence-corrected chi connectivity index (χ2v) is 5.09. The largest absolute Gasteiger partial charge is 0.312 e. The van der Waals surface area contributed by atoms with Crippen LogP contribution in [0.1, 0.15) is 12.0 Å². The summed E-state index contributed by atoms with van der Waals surface area (Å²) in [6.07, 6.45) is 1.18. The third kappa shape index (κ3) is 3.71. The first-order valence-electron chi connectivity index (χ1n) is 6.38. The Morgan fingerprint density at radius 3 is 2.95 bits per heavy atom. The molecule has 1 atom stereocenters. The number of nitro groups is 1. The molecule has 1 saturated heterocycles. The van der Waals surface area contributed by atoms with E-state index in [1.165, 1.54) is 18.6 Å². The second kappa shape index (κ2) is 6.08. The van der Waals surface area contributed by atoms with E-state index >= 15 is 0 Å². The van der Waals surface area contributed by atoms with Gasteiger partial charge in [0.1, 0.15) is 0 Å². The van der Waals surface area contributed by atoms with Crippen molar-refractivity contribution in [3.8, 4) is 0 Å². The van der Waals surface area contributed by atoms with Crippen molar-refractivity contribution in [2.45, 2.75) is 13.0 Å². The summed E-state index contributed by atoms with van der Waals surface area (Å²) >= 11 is 0. The summed E-state index contributed by atoms with van der Waals surface area (Å²) in [6, 6.07) is 4.04. The topological polar surface area (TPSA) is 58.4 Å². The first-order valence-corrected chi connectivity index (χ1v) is 6.38. The fraction of sp³-hybridized carbons (Fsp3) is 0.538. The quantitative estimate of drug-likeness (QED) is 0.652. The number of hydrogen-bond acceptors (Lipinski definition) is 4. The molecule has 1 aromatic rings. The molecule has 1 fully saturated rings. The monoisotopic (exact) mass is 267 g/mol. The van der Waals surface area contributed by atoms with Crippen LogP contribution in [0.2, 0.25) is 0 Å². The van der Waals surface area contributed by atoms with Crippen LogP contribution in [0.5, 0.6) is 0 Å². The number of halogens is 1. The number of rotatable bonds is 5. The molecule has 1 aliphatic heterocycles. The van der Waals surface area contributed by atoms with Crippen LogP contribution in [-0.2, 0) is 6.54 Å². The van der Waals surface area contributed by atoms with Gasteiger partial charge in [-0.1, -0.05) is 6.07 Å². The fourth-order valence-electron chi connectivity index (χ4n) is 2.42. The molecule has 0 aliphatic carbocycles. The average molecular weight is 267 g/mol. The lowest BCUT2D eigenvalue weighted by molar-refractivity contribution is -0.387. The summed E-state index contributed by atoms with van der Waals surface area (Å²) in [4.78, 5) is 12.1. The van der Waals surface area contributed by atoms with Gasteiger partial charge in [0.2, 0.25) is 5.82 Å². The summed E-state index contributed by atoms with van der Waals surface area (Å²) in [5.41, 5.74) is 0.260. The lowest BCUT2D eigenvalue weighted by Gasteiger charge is -2.11. The van der Waals surface area contributed by atoms with Gasteiger partial charge in [-0.25, -0.2) is 0 Å². The van der Waals surface area contributed by atoms with Gasteiger partial charge in [-0.15, -0.1) is 0 Å². The molecule has 1 unspecified atom stereocenters. The van der Waals surface area contributed by atoms with Crippen LogP contribution in [0.3, 0.4) is 0 Å². The van der Waals surface area contributed by atoms with Crippen LogP contribution in [0.25, 0.3) is 0 Å². The van der Waals surface area contributed by atoms with Gasteiger partial charge in [-0.05, 0) is 44.1 Å². The molecule has 0 amide bonds. The molecule has 1 heterocycles. The number of likely N-dealkylation sites (tertiary alicyclic amines) is 1. The van der Waals surface area contributed by atoms with Crippen LogP contribution in [0, 0.1) is 21.8 Å². The first kappa shape index (κ1) is 13.9. The lowest BCUT2D eigenvalue weighted by Crippen LogP contribution is -2.24. The molecule has 2 rings (SSSR count). The summed E-state index contributed by atoms with van der Waals surface area (Å²) in [7, 11) is 2.10. The molecular weight excluding hydrogens is 249 g/mol. The van der Waals surface area contributed by atoms with Crippen molar-refractivity contribution in [3.63, 3.8) is 0 Å². The number of hydrogen-bond donors (Lipinski definition) is 1. The van der Waals surface area contributed by atoms with Gasteiger partial charge in [0.15, 0.2) is 0 Å². The molecular formula is C13H18FN3O2. The van der Waals surface area contributed by atoms with E-state index in [1.807, 2.05) is 0 Å². The van der Waals surface area contributed by atoms with Gasteiger partial charge in [-0.3, -0.25) is 10.1 Å². The van der Waals surface area contributed by atoms with Gasteiger partial charge in [0.25, 0.3) is 0 Å². The summed E-state index contributed by atoms with van der Waals surface area (Å²) in [6.45, 7) is 3.64. The molecule has 104 valence electrons. The molecule has 19 heavy (non-hydrogen) atoms. The second-order valence-electron chi connectivity index (χ2n) is 5.09. The highest BCUT2D eigenvalue weighted by Gasteiger charge is 2.19. The normalized spacial score (nSPS) is 19.8. The Bertz CT molecular complexity index is 467. The zero-order valence-corrected chi connectivity index (χ0v) is 10.9. The number of benzene rings is 1. The molecule has 0 bridgehead atoms. The van der Waals surface area contributed by atoms with Gasteiger partial charge in [0, 0.05) is 19.2 Å². The molecule has 0 spiro atoms. The van der Waals surface area contributed by atoms with E-state index in [1.54, 1.807) is 6.07 Å². The van der Waals surface area contributed by atoms with Gasteiger partial charge in [-0.2, -0.15) is 4.39 Å². The Labute approximate surface area is 111 Å². The van der Waals surface area contributed by atoms with Gasteiger partial charge >= 0.3 is 5.69 Å². The van der Waals surface area contributed by atoms with Crippen LogP contribution in [0.4, 0.5) is 10.1 Å². The van der Waals surface area contributed by atoms with Gasteiger partial charge < -0.3 is 10.2 Å². The maximum atomic E-state index is 13.4. The number of nitro benzene ring substituents is 1. The molecule has 1 aliphatic rings. The Kier molecular flexibility index (Phi) is 4.44. The molecule has 1 N–H and O–H groups in total. The highest BCUT2D eigenvalue weighted by Crippen LogP contribution is 2.18. The van der Waals surface area contributed by atoms with Crippen molar-refractivity contribution in [1.29, 1.82) is 0 Å². The van der Waals surface area contributed by atoms with E-state index in [-0.39, 0.29) is 0 Å². The van der Waals surface area contributed by atoms with Crippen LogP contribution in [0.15, 0.2) is 18.2 Å². The smallest absolute Gasteiger partial charge is 0.304 e. The van der Waals surface area contributed by atoms with E-state index in [0.29, 0.717) is 12.5 Å².